The summed E-state index contributed by atoms with van der Waals surface area (Å²) < 4.78 is 27.3. The summed E-state index contributed by atoms with van der Waals surface area (Å²) in [5, 5.41) is 3.78. The van der Waals surface area contributed by atoms with E-state index in [2.05, 4.69) is 5.32 Å². The predicted octanol–water partition coefficient (Wildman–Crippen LogP) is 5.81. The summed E-state index contributed by atoms with van der Waals surface area (Å²) in [6.07, 6.45) is 6.47. The van der Waals surface area contributed by atoms with Gasteiger partial charge in [-0.05, 0) is 67.1 Å². The molecule has 1 atom stereocenters. The number of amides is 2. The van der Waals surface area contributed by atoms with Gasteiger partial charge in [0.25, 0.3) is 0 Å². The minimum absolute atomic E-state index is 0.0551. The summed E-state index contributed by atoms with van der Waals surface area (Å²) in [6, 6.07) is 21.4. The first-order valence-corrected chi connectivity index (χ1v) is 16.7. The number of nitrogens with one attached hydrogen (secondary N) is 1. The highest BCUT2D eigenvalue weighted by Crippen LogP contribution is 2.26. The summed E-state index contributed by atoms with van der Waals surface area (Å²) >= 11 is 6.14. The third-order valence-corrected chi connectivity index (χ3v) is 9.18. The molecular formula is C33H40ClN3O4S. The van der Waals surface area contributed by atoms with Crippen LogP contribution >= 0.6 is 11.6 Å². The number of anilines is 1. The monoisotopic (exact) mass is 609 g/mol. The van der Waals surface area contributed by atoms with Crippen molar-refractivity contribution in [2.24, 2.45) is 0 Å². The van der Waals surface area contributed by atoms with Gasteiger partial charge in [0.15, 0.2) is 0 Å². The number of rotatable bonds is 11. The Labute approximate surface area is 254 Å². The number of hydrogen-bond donors (Lipinski definition) is 1. The molecule has 0 bridgehead atoms. The van der Waals surface area contributed by atoms with E-state index in [1.165, 1.54) is 4.90 Å². The first kappa shape index (κ1) is 31.6. The van der Waals surface area contributed by atoms with Gasteiger partial charge < -0.3 is 10.2 Å². The average Bonchev–Trinajstić information content (AvgIpc) is 2.96. The molecule has 7 nitrogen and oxygen atoms in total. The molecule has 3 aromatic rings. The molecule has 4 rings (SSSR count). The number of sulfonamides is 1. The Morgan fingerprint density at radius 3 is 2.24 bits per heavy atom. The Hall–Kier alpha value is -3.36. The molecule has 3 aromatic carbocycles. The van der Waals surface area contributed by atoms with E-state index in [0.29, 0.717) is 17.1 Å². The number of halogens is 1. The number of hydrogen-bond acceptors (Lipinski definition) is 4. The van der Waals surface area contributed by atoms with Crippen LogP contribution in [0.15, 0.2) is 72.8 Å². The summed E-state index contributed by atoms with van der Waals surface area (Å²) in [5.74, 6) is -0.693. The van der Waals surface area contributed by atoms with Gasteiger partial charge in [-0.1, -0.05) is 85.5 Å². The van der Waals surface area contributed by atoms with Crippen LogP contribution in [0.3, 0.4) is 0 Å². The smallest absolute Gasteiger partial charge is 0.244 e. The quantitative estimate of drug-likeness (QED) is 0.297. The van der Waals surface area contributed by atoms with Crippen LogP contribution in [0, 0.1) is 13.8 Å². The first-order chi connectivity index (χ1) is 20.0. The molecule has 0 unspecified atom stereocenters. The molecule has 42 heavy (non-hydrogen) atoms. The Bertz CT molecular complexity index is 1470. The van der Waals surface area contributed by atoms with E-state index in [0.717, 1.165) is 64.9 Å². The second-order valence-corrected chi connectivity index (χ2v) is 13.6. The molecule has 2 amide bonds. The van der Waals surface area contributed by atoms with Gasteiger partial charge in [-0.3, -0.25) is 13.9 Å². The number of benzene rings is 3. The van der Waals surface area contributed by atoms with Crippen molar-refractivity contribution in [2.45, 2.75) is 71.0 Å². The molecule has 1 saturated carbocycles. The number of carbonyl (C=O) groups is 2. The molecule has 0 saturated heterocycles. The third kappa shape index (κ3) is 8.58. The van der Waals surface area contributed by atoms with Crippen molar-refractivity contribution in [3.8, 4) is 0 Å². The van der Waals surface area contributed by atoms with E-state index in [1.807, 2.05) is 68.4 Å². The lowest BCUT2D eigenvalue weighted by molar-refractivity contribution is -0.140. The normalized spacial score (nSPS) is 14.7. The van der Waals surface area contributed by atoms with Crippen LogP contribution in [-0.4, -0.2) is 50.0 Å². The Morgan fingerprint density at radius 2 is 1.60 bits per heavy atom. The fraction of sp³-hybridized carbons (Fsp3) is 0.394. The minimum atomic E-state index is -3.82. The lowest BCUT2D eigenvalue weighted by atomic mass is 9.94. The molecule has 0 aromatic heterocycles. The Morgan fingerprint density at radius 1 is 0.929 bits per heavy atom. The van der Waals surface area contributed by atoms with Gasteiger partial charge in [-0.15, -0.1) is 0 Å². The van der Waals surface area contributed by atoms with Crippen LogP contribution in [0.2, 0.25) is 5.02 Å². The van der Waals surface area contributed by atoms with E-state index in [4.69, 9.17) is 11.6 Å². The molecule has 1 fully saturated rings. The standard InChI is InChI=1S/C33H40ClN3O4S/c1-24-14-15-25(2)30(20-24)37(42(3,40)41)23-32(38)36(22-27-16-18-28(34)19-17-27)31(21-26-10-6-4-7-11-26)33(39)35-29-12-8-5-9-13-29/h4,6-7,10-11,14-20,29,31H,5,8-9,12-13,21-23H2,1-3H3,(H,35,39)/t31-/m1/s1. The fourth-order valence-corrected chi connectivity index (χ4v) is 6.49. The molecule has 0 aliphatic heterocycles. The van der Waals surface area contributed by atoms with Gasteiger partial charge in [0.1, 0.15) is 12.6 Å². The van der Waals surface area contributed by atoms with Crippen molar-refractivity contribution < 1.29 is 18.0 Å². The van der Waals surface area contributed by atoms with Gasteiger partial charge >= 0.3 is 0 Å². The van der Waals surface area contributed by atoms with Crippen LogP contribution in [0.25, 0.3) is 0 Å². The highest BCUT2D eigenvalue weighted by Gasteiger charge is 2.34. The zero-order valence-corrected chi connectivity index (χ0v) is 26.1. The lowest BCUT2D eigenvalue weighted by Gasteiger charge is -2.35. The number of aryl methyl sites for hydroxylation is 2. The zero-order valence-electron chi connectivity index (χ0n) is 24.6. The van der Waals surface area contributed by atoms with Crippen LogP contribution in [0.4, 0.5) is 5.69 Å². The number of nitrogens with zero attached hydrogens (tertiary/aromatic N) is 2. The maximum absolute atomic E-state index is 14.3. The molecule has 1 aliphatic rings. The van der Waals surface area contributed by atoms with Gasteiger partial charge in [-0.2, -0.15) is 0 Å². The zero-order chi connectivity index (χ0) is 30.3. The summed E-state index contributed by atoms with van der Waals surface area (Å²) in [6.45, 7) is 3.39. The second kappa shape index (κ2) is 14.2. The van der Waals surface area contributed by atoms with Crippen molar-refractivity contribution in [1.29, 1.82) is 0 Å². The van der Waals surface area contributed by atoms with Crippen LogP contribution < -0.4 is 9.62 Å². The van der Waals surface area contributed by atoms with Gasteiger partial charge in [0.05, 0.1) is 11.9 Å². The van der Waals surface area contributed by atoms with Crippen LogP contribution in [0.5, 0.6) is 0 Å². The average molecular weight is 610 g/mol. The maximum atomic E-state index is 14.3. The molecular weight excluding hydrogens is 570 g/mol. The Kier molecular flexibility index (Phi) is 10.7. The number of carbonyl (C=O) groups excluding carboxylic acids is 2. The van der Waals surface area contributed by atoms with Gasteiger partial charge in [0.2, 0.25) is 21.8 Å². The molecule has 1 N–H and O–H groups in total. The van der Waals surface area contributed by atoms with Crippen molar-refractivity contribution >= 4 is 39.1 Å². The fourth-order valence-electron chi connectivity index (χ4n) is 5.47. The topological polar surface area (TPSA) is 86.8 Å². The molecule has 1 aliphatic carbocycles. The van der Waals surface area contributed by atoms with Crippen LogP contribution in [-0.2, 0) is 32.6 Å². The third-order valence-electron chi connectivity index (χ3n) is 7.80. The molecule has 9 heteroatoms. The highest BCUT2D eigenvalue weighted by atomic mass is 35.5. The maximum Gasteiger partial charge on any atom is 0.244 e. The largest absolute Gasteiger partial charge is 0.352 e. The van der Waals surface area contributed by atoms with Gasteiger partial charge in [0, 0.05) is 24.0 Å². The SMILES string of the molecule is Cc1ccc(C)c(N(CC(=O)N(Cc2ccc(Cl)cc2)[C@H](Cc2ccccc2)C(=O)NC2CCCCC2)S(C)(=O)=O)c1. The molecule has 0 heterocycles. The lowest BCUT2D eigenvalue weighted by Crippen LogP contribution is -2.55. The van der Waals surface area contributed by atoms with E-state index < -0.39 is 28.5 Å². The van der Waals surface area contributed by atoms with E-state index in [1.54, 1.807) is 18.2 Å². The minimum Gasteiger partial charge on any atom is -0.352 e. The van der Waals surface area contributed by atoms with Gasteiger partial charge in [-0.25, -0.2) is 8.42 Å². The first-order valence-electron chi connectivity index (χ1n) is 14.4. The van der Waals surface area contributed by atoms with E-state index in [9.17, 15) is 18.0 Å². The van der Waals surface area contributed by atoms with Crippen LogP contribution in [0.1, 0.15) is 54.4 Å². The van der Waals surface area contributed by atoms with Crippen molar-refractivity contribution in [3.63, 3.8) is 0 Å². The molecule has 224 valence electrons. The van der Waals surface area contributed by atoms with Crippen molar-refractivity contribution in [2.75, 3.05) is 17.1 Å². The summed E-state index contributed by atoms with van der Waals surface area (Å²) in [4.78, 5) is 29.8. The second-order valence-electron chi connectivity index (χ2n) is 11.3. The highest BCUT2D eigenvalue weighted by molar-refractivity contribution is 7.92. The predicted molar refractivity (Wildman–Crippen MR) is 169 cm³/mol. The molecule has 0 spiro atoms. The van der Waals surface area contributed by atoms with Crippen molar-refractivity contribution in [3.05, 3.63) is 100 Å². The van der Waals surface area contributed by atoms with E-state index in [-0.39, 0.29) is 18.5 Å². The van der Waals surface area contributed by atoms with Crippen molar-refractivity contribution in [1.82, 2.24) is 10.2 Å². The summed E-state index contributed by atoms with van der Waals surface area (Å²) in [7, 11) is -3.82. The van der Waals surface area contributed by atoms with E-state index >= 15 is 0 Å². The summed E-state index contributed by atoms with van der Waals surface area (Å²) in [5.41, 5.74) is 3.75. The molecule has 0 radical (unpaired) electrons. The Balaban J connectivity index is 1.73.